The van der Waals surface area contributed by atoms with E-state index in [4.69, 9.17) is 21.1 Å². The molecule has 0 radical (unpaired) electrons. The Balaban J connectivity index is 0.000000379. The third-order valence-electron chi connectivity index (χ3n) is 11.2. The molecule has 4 aliphatic rings. The average molecular weight is 581 g/mol. The number of nitrogens with two attached hydrogens (primary N) is 1. The van der Waals surface area contributed by atoms with Crippen LogP contribution in [0.5, 0.6) is 0 Å². The Morgan fingerprint density at radius 2 is 1.71 bits per heavy atom. The molecule has 4 rings (SSSR count). The lowest BCUT2D eigenvalue weighted by Crippen LogP contribution is -2.50. The van der Waals surface area contributed by atoms with Crippen molar-refractivity contribution < 1.29 is 25.2 Å². The molecule has 0 aromatic carbocycles. The fourth-order valence-corrected chi connectivity index (χ4v) is 9.07. The zero-order valence-corrected chi connectivity index (χ0v) is 26.9. The number of allylic oxidation sites excluding steroid dienone is 1. The van der Waals surface area contributed by atoms with Crippen LogP contribution < -0.4 is 11.1 Å². The predicted molar refractivity (Wildman–Crippen MR) is 167 cm³/mol. The topological polar surface area (TPSA) is 136 Å². The van der Waals surface area contributed by atoms with Gasteiger partial charge in [-0.2, -0.15) is 0 Å². The number of carboxylic acid groups (broad SMARTS) is 1. The summed E-state index contributed by atoms with van der Waals surface area (Å²) in [4.78, 5) is 9.52. The molecule has 7 N–H and O–H groups in total. The summed E-state index contributed by atoms with van der Waals surface area (Å²) in [6, 6.07) is 0. The number of nitrogens with one attached hydrogen (secondary N) is 1. The lowest BCUT2D eigenvalue weighted by atomic mass is 9.47. The van der Waals surface area contributed by atoms with Crippen molar-refractivity contribution in [3.05, 3.63) is 11.6 Å². The molecule has 0 heterocycles. The first kappa shape index (κ1) is 36.2. The highest BCUT2D eigenvalue weighted by Gasteiger charge is 2.59. The maximum Gasteiger partial charge on any atom is 0.304 e. The molecule has 7 nitrogen and oxygen atoms in total. The minimum absolute atomic E-state index is 0.0694. The largest absolute Gasteiger partial charge is 0.481 e. The molecule has 8 atom stereocenters. The molecule has 4 aliphatic carbocycles. The van der Waals surface area contributed by atoms with Crippen LogP contribution in [0.15, 0.2) is 11.6 Å². The zero-order valence-electron chi connectivity index (χ0n) is 26.9. The SMILES string of the molecule is CC(C)CCC[C@@H](C)[C@H]1CC[C@H]2[C@@H]3CC=C4C[C@@H](O)CC[C@]4(C)[C@H]3CC[C@]12C.NCCC(=O)O.OCCNCCO. The Kier molecular flexibility index (Phi) is 15.3. The lowest BCUT2D eigenvalue weighted by Gasteiger charge is -2.58. The Hall–Kier alpha value is -0.990. The van der Waals surface area contributed by atoms with Crippen LogP contribution in [0.4, 0.5) is 0 Å². The fourth-order valence-electron chi connectivity index (χ4n) is 9.07. The molecule has 7 heteroatoms. The van der Waals surface area contributed by atoms with Gasteiger partial charge in [-0.05, 0) is 97.7 Å². The summed E-state index contributed by atoms with van der Waals surface area (Å²) < 4.78 is 0. The van der Waals surface area contributed by atoms with Crippen LogP contribution in [-0.2, 0) is 4.79 Å². The van der Waals surface area contributed by atoms with Gasteiger partial charge in [0.1, 0.15) is 0 Å². The Labute approximate surface area is 250 Å². The van der Waals surface area contributed by atoms with Crippen LogP contribution in [0.2, 0.25) is 0 Å². The van der Waals surface area contributed by atoms with Crippen molar-refractivity contribution in [2.45, 2.75) is 118 Å². The summed E-state index contributed by atoms with van der Waals surface area (Å²) in [7, 11) is 0. The molecule has 0 aliphatic heterocycles. The second-order valence-corrected chi connectivity index (χ2v) is 14.3. The molecular formula is C34H64N2O5. The minimum Gasteiger partial charge on any atom is -0.481 e. The second-order valence-electron chi connectivity index (χ2n) is 14.3. The normalized spacial score (nSPS) is 34.6. The Morgan fingerprint density at radius 1 is 1.02 bits per heavy atom. The quantitative estimate of drug-likeness (QED) is 0.143. The molecule has 0 spiro atoms. The molecule has 0 unspecified atom stereocenters. The van der Waals surface area contributed by atoms with E-state index in [0.717, 1.165) is 48.3 Å². The minimum atomic E-state index is -0.836. The van der Waals surface area contributed by atoms with Gasteiger partial charge in [-0.15, -0.1) is 0 Å². The number of hydrogen-bond donors (Lipinski definition) is 6. The van der Waals surface area contributed by atoms with Crippen molar-refractivity contribution in [2.24, 2.45) is 52.1 Å². The van der Waals surface area contributed by atoms with Gasteiger partial charge < -0.3 is 31.5 Å². The molecule has 41 heavy (non-hydrogen) atoms. The summed E-state index contributed by atoms with van der Waals surface area (Å²) in [5.41, 5.74) is 7.45. The van der Waals surface area contributed by atoms with E-state index in [0.29, 0.717) is 23.9 Å². The first-order valence-corrected chi connectivity index (χ1v) is 16.7. The molecule has 0 aromatic rings. The van der Waals surface area contributed by atoms with Gasteiger partial charge >= 0.3 is 5.97 Å². The highest BCUT2D eigenvalue weighted by Crippen LogP contribution is 2.67. The number of fused-ring (bicyclic) bond motifs is 5. The van der Waals surface area contributed by atoms with E-state index in [1.807, 2.05) is 0 Å². The molecule has 0 saturated heterocycles. The van der Waals surface area contributed by atoms with Crippen LogP contribution in [-0.4, -0.2) is 65.3 Å². The fraction of sp³-hybridized carbons (Fsp3) is 0.912. The maximum absolute atomic E-state index is 10.2. The summed E-state index contributed by atoms with van der Waals surface area (Å²) in [5, 5.41) is 37.1. The van der Waals surface area contributed by atoms with E-state index in [2.05, 4.69) is 46.0 Å². The van der Waals surface area contributed by atoms with Crippen LogP contribution in [0.25, 0.3) is 0 Å². The number of hydrogen-bond acceptors (Lipinski definition) is 6. The zero-order chi connectivity index (χ0) is 30.6. The van der Waals surface area contributed by atoms with E-state index in [9.17, 15) is 9.90 Å². The Bertz CT molecular complexity index is 800. The number of carboxylic acids is 1. The first-order chi connectivity index (χ1) is 19.4. The van der Waals surface area contributed by atoms with E-state index in [1.165, 1.54) is 57.8 Å². The highest BCUT2D eigenvalue weighted by molar-refractivity contribution is 5.66. The molecule has 0 aromatic heterocycles. The smallest absolute Gasteiger partial charge is 0.304 e. The van der Waals surface area contributed by atoms with Crippen molar-refractivity contribution in [1.29, 1.82) is 0 Å². The van der Waals surface area contributed by atoms with E-state index in [1.54, 1.807) is 5.57 Å². The number of aliphatic carboxylic acids is 1. The second kappa shape index (κ2) is 17.3. The lowest BCUT2D eigenvalue weighted by molar-refractivity contribution is -0.136. The van der Waals surface area contributed by atoms with Gasteiger partial charge in [-0.1, -0.05) is 65.5 Å². The predicted octanol–water partition coefficient (Wildman–Crippen LogP) is 5.37. The van der Waals surface area contributed by atoms with E-state index in [-0.39, 0.29) is 32.3 Å². The van der Waals surface area contributed by atoms with Crippen molar-refractivity contribution in [1.82, 2.24) is 5.32 Å². The molecular weight excluding hydrogens is 516 g/mol. The van der Waals surface area contributed by atoms with Gasteiger partial charge in [-0.25, -0.2) is 0 Å². The van der Waals surface area contributed by atoms with Crippen LogP contribution >= 0.6 is 0 Å². The van der Waals surface area contributed by atoms with Crippen molar-refractivity contribution in [3.63, 3.8) is 0 Å². The standard InChI is InChI=1S/C27H46O.C4H11NO2.C3H7NO2/c1-18(2)7-6-8-19(3)23-11-12-24-22-10-9-20-17-21(28)13-15-26(20,4)25(22)14-16-27(23,24)5;6-3-1-5-2-4-7;4-2-1-3(5)6/h9,18-19,21-25,28H,6-8,10-17H2,1-5H3;5-7H,1-4H2;1-2,4H2,(H,5,6)/t19-,21+,22+,23-,24+,25+,26+,27-;;/m1../s1. The van der Waals surface area contributed by atoms with Gasteiger partial charge in [0.2, 0.25) is 0 Å². The summed E-state index contributed by atoms with van der Waals surface area (Å²) in [6.45, 7) is 14.2. The monoisotopic (exact) mass is 580 g/mol. The van der Waals surface area contributed by atoms with Crippen LogP contribution in [0, 0.1) is 46.3 Å². The van der Waals surface area contributed by atoms with Gasteiger partial charge in [0.25, 0.3) is 0 Å². The molecule has 3 fully saturated rings. The van der Waals surface area contributed by atoms with Gasteiger partial charge in [0.15, 0.2) is 0 Å². The molecule has 0 bridgehead atoms. The van der Waals surface area contributed by atoms with Crippen molar-refractivity contribution >= 4 is 5.97 Å². The molecule has 3 saturated carbocycles. The summed E-state index contributed by atoms with van der Waals surface area (Å²) in [5.74, 6) is 4.62. The maximum atomic E-state index is 10.2. The third-order valence-corrected chi connectivity index (χ3v) is 11.2. The molecule has 0 amide bonds. The number of aliphatic hydroxyl groups excluding tert-OH is 3. The summed E-state index contributed by atoms with van der Waals surface area (Å²) >= 11 is 0. The van der Waals surface area contributed by atoms with E-state index >= 15 is 0 Å². The van der Waals surface area contributed by atoms with Crippen LogP contribution in [0.1, 0.15) is 112 Å². The highest BCUT2D eigenvalue weighted by atomic mass is 16.4. The van der Waals surface area contributed by atoms with Gasteiger partial charge in [0, 0.05) is 19.6 Å². The number of carbonyl (C=O) groups is 1. The first-order valence-electron chi connectivity index (χ1n) is 16.7. The molecule has 240 valence electrons. The van der Waals surface area contributed by atoms with Gasteiger partial charge in [0.05, 0.1) is 25.7 Å². The third kappa shape index (κ3) is 9.76. The van der Waals surface area contributed by atoms with Crippen LogP contribution in [0.3, 0.4) is 0 Å². The van der Waals surface area contributed by atoms with E-state index < -0.39 is 5.97 Å². The summed E-state index contributed by atoms with van der Waals surface area (Å²) in [6.07, 6.45) is 17.2. The van der Waals surface area contributed by atoms with Crippen molar-refractivity contribution in [3.8, 4) is 0 Å². The van der Waals surface area contributed by atoms with Gasteiger partial charge in [-0.3, -0.25) is 4.79 Å². The Morgan fingerprint density at radius 3 is 2.27 bits per heavy atom. The number of aliphatic hydroxyl groups is 3. The van der Waals surface area contributed by atoms with Crippen molar-refractivity contribution in [2.75, 3.05) is 32.8 Å². The number of rotatable bonds is 11. The average Bonchev–Trinajstić information content (AvgIpc) is 3.27.